The summed E-state index contributed by atoms with van der Waals surface area (Å²) in [5.74, 6) is 2.21. The van der Waals surface area contributed by atoms with Gasteiger partial charge in [-0.25, -0.2) is 0 Å². The Kier molecular flexibility index (Phi) is 5.83. The van der Waals surface area contributed by atoms with Crippen LogP contribution in [0.2, 0.25) is 0 Å². The Morgan fingerprint density at radius 2 is 2.42 bits per heavy atom. The van der Waals surface area contributed by atoms with Crippen LogP contribution < -0.4 is 5.32 Å². The van der Waals surface area contributed by atoms with Gasteiger partial charge in [0.05, 0.1) is 6.26 Å². The molecule has 0 radical (unpaired) electrons. The van der Waals surface area contributed by atoms with Crippen LogP contribution in [0.3, 0.4) is 0 Å². The fourth-order valence-electron chi connectivity index (χ4n) is 2.65. The van der Waals surface area contributed by atoms with E-state index in [1.54, 1.807) is 6.26 Å². The van der Waals surface area contributed by atoms with E-state index in [1.807, 2.05) is 23.9 Å². The van der Waals surface area contributed by atoms with E-state index in [0.717, 1.165) is 23.9 Å². The van der Waals surface area contributed by atoms with Crippen LogP contribution in [-0.2, 0) is 11.2 Å². The van der Waals surface area contributed by atoms with E-state index in [2.05, 4.69) is 12.2 Å². The number of rotatable bonds is 6. The molecule has 0 aromatic carbocycles. The Labute approximate surface area is 119 Å². The minimum absolute atomic E-state index is 0.156. The van der Waals surface area contributed by atoms with Gasteiger partial charge in [-0.05, 0) is 37.1 Å². The third-order valence-electron chi connectivity index (χ3n) is 3.57. The summed E-state index contributed by atoms with van der Waals surface area (Å²) in [5, 5.41) is 3.91. The number of carbonyl (C=O) groups excluding carboxylic acids is 1. The van der Waals surface area contributed by atoms with Gasteiger partial charge in [0.2, 0.25) is 5.91 Å². The van der Waals surface area contributed by atoms with E-state index < -0.39 is 0 Å². The quantitative estimate of drug-likeness (QED) is 0.869. The highest BCUT2D eigenvalue weighted by molar-refractivity contribution is 7.99. The Bertz CT molecular complexity index is 376. The second kappa shape index (κ2) is 7.63. The summed E-state index contributed by atoms with van der Waals surface area (Å²) in [6.45, 7) is 2.20. The first-order valence-corrected chi connectivity index (χ1v) is 8.26. The Morgan fingerprint density at radius 3 is 3.16 bits per heavy atom. The highest BCUT2D eigenvalue weighted by Crippen LogP contribution is 2.28. The van der Waals surface area contributed by atoms with Crippen molar-refractivity contribution in [3.8, 4) is 0 Å². The minimum Gasteiger partial charge on any atom is -0.469 e. The smallest absolute Gasteiger partial charge is 0.220 e. The van der Waals surface area contributed by atoms with Gasteiger partial charge >= 0.3 is 0 Å². The van der Waals surface area contributed by atoms with Crippen molar-refractivity contribution in [2.75, 3.05) is 5.75 Å². The molecule has 1 saturated carbocycles. The minimum atomic E-state index is 0.156. The molecule has 1 aliphatic carbocycles. The maximum Gasteiger partial charge on any atom is 0.220 e. The molecule has 3 nitrogen and oxygen atoms in total. The van der Waals surface area contributed by atoms with Crippen LogP contribution in [0.4, 0.5) is 0 Å². The number of thioether (sulfide) groups is 1. The van der Waals surface area contributed by atoms with Crippen molar-refractivity contribution in [1.82, 2.24) is 5.32 Å². The molecule has 1 aromatic rings. The number of aryl methyl sites for hydroxylation is 1. The van der Waals surface area contributed by atoms with Crippen LogP contribution in [0.15, 0.2) is 22.8 Å². The predicted octanol–water partition coefficient (Wildman–Crippen LogP) is 3.39. The molecule has 1 N–H and O–H groups in total. The highest BCUT2D eigenvalue weighted by Gasteiger charge is 2.22. The average molecular weight is 281 g/mol. The summed E-state index contributed by atoms with van der Waals surface area (Å²) in [6, 6.07) is 4.16. The molecule has 19 heavy (non-hydrogen) atoms. The van der Waals surface area contributed by atoms with Crippen molar-refractivity contribution in [1.29, 1.82) is 0 Å². The molecule has 106 valence electrons. The number of amides is 1. The van der Waals surface area contributed by atoms with Crippen LogP contribution in [0, 0.1) is 0 Å². The van der Waals surface area contributed by atoms with Gasteiger partial charge in [-0.3, -0.25) is 4.79 Å². The maximum atomic E-state index is 11.9. The molecule has 1 heterocycles. The van der Waals surface area contributed by atoms with Crippen molar-refractivity contribution >= 4 is 17.7 Å². The topological polar surface area (TPSA) is 42.2 Å². The van der Waals surface area contributed by atoms with Gasteiger partial charge in [-0.15, -0.1) is 0 Å². The molecule has 4 heteroatoms. The van der Waals surface area contributed by atoms with Crippen LogP contribution in [0.1, 0.15) is 44.8 Å². The predicted molar refractivity (Wildman–Crippen MR) is 79.3 cm³/mol. The lowest BCUT2D eigenvalue weighted by Crippen LogP contribution is -2.39. The molecule has 1 fully saturated rings. The molecule has 0 saturated heterocycles. The third-order valence-corrected chi connectivity index (χ3v) is 4.81. The van der Waals surface area contributed by atoms with Crippen molar-refractivity contribution in [3.63, 3.8) is 0 Å². The van der Waals surface area contributed by atoms with E-state index in [1.165, 1.54) is 18.6 Å². The number of hydrogen-bond acceptors (Lipinski definition) is 3. The van der Waals surface area contributed by atoms with E-state index in [-0.39, 0.29) is 5.91 Å². The second-order valence-electron chi connectivity index (χ2n) is 5.09. The molecular formula is C15H23NO2S. The van der Waals surface area contributed by atoms with Crippen molar-refractivity contribution in [2.24, 2.45) is 0 Å². The van der Waals surface area contributed by atoms with Gasteiger partial charge in [0.1, 0.15) is 5.76 Å². The maximum absolute atomic E-state index is 11.9. The molecule has 0 spiro atoms. The normalized spacial score (nSPS) is 23.2. The van der Waals surface area contributed by atoms with Crippen molar-refractivity contribution < 1.29 is 9.21 Å². The first kappa shape index (κ1) is 14.5. The SMILES string of the molecule is CCS[C@@H]1CCC[C@H](NC(=O)CCc2ccco2)C1. The van der Waals surface area contributed by atoms with Crippen LogP contribution >= 0.6 is 11.8 Å². The molecular weight excluding hydrogens is 258 g/mol. The summed E-state index contributed by atoms with van der Waals surface area (Å²) in [7, 11) is 0. The first-order valence-electron chi connectivity index (χ1n) is 7.21. The summed E-state index contributed by atoms with van der Waals surface area (Å²) in [5.41, 5.74) is 0. The number of furan rings is 1. The molecule has 1 aliphatic rings. The fourth-order valence-corrected chi connectivity index (χ4v) is 3.83. The standard InChI is InChI=1S/C15H23NO2S/c1-2-19-14-7-3-5-12(11-14)16-15(17)9-8-13-6-4-10-18-13/h4,6,10,12,14H,2-3,5,7-9,11H2,1H3,(H,16,17)/t12-,14+/m0/s1. The van der Waals surface area contributed by atoms with Gasteiger partial charge < -0.3 is 9.73 Å². The van der Waals surface area contributed by atoms with Gasteiger partial charge in [-0.1, -0.05) is 13.3 Å². The molecule has 2 rings (SSSR count). The zero-order valence-corrected chi connectivity index (χ0v) is 12.4. The lowest BCUT2D eigenvalue weighted by atomic mass is 9.95. The molecule has 2 atom stereocenters. The Balaban J connectivity index is 1.69. The van der Waals surface area contributed by atoms with Crippen LogP contribution in [-0.4, -0.2) is 23.0 Å². The van der Waals surface area contributed by atoms with Gasteiger partial charge in [0, 0.05) is 24.1 Å². The first-order chi connectivity index (χ1) is 9.28. The van der Waals surface area contributed by atoms with Crippen LogP contribution in [0.5, 0.6) is 0 Å². The molecule has 1 aromatic heterocycles. The molecule has 0 bridgehead atoms. The zero-order valence-electron chi connectivity index (χ0n) is 11.6. The second-order valence-corrected chi connectivity index (χ2v) is 6.67. The zero-order chi connectivity index (χ0) is 13.5. The summed E-state index contributed by atoms with van der Waals surface area (Å²) < 4.78 is 5.24. The number of carbonyl (C=O) groups is 1. The summed E-state index contributed by atoms with van der Waals surface area (Å²) in [4.78, 5) is 11.9. The largest absolute Gasteiger partial charge is 0.469 e. The average Bonchev–Trinajstić information content (AvgIpc) is 2.90. The lowest BCUT2D eigenvalue weighted by molar-refractivity contribution is -0.122. The molecule has 0 aliphatic heterocycles. The number of hydrogen-bond donors (Lipinski definition) is 1. The monoisotopic (exact) mass is 281 g/mol. The van der Waals surface area contributed by atoms with Crippen molar-refractivity contribution in [2.45, 2.75) is 56.7 Å². The van der Waals surface area contributed by atoms with Gasteiger partial charge in [0.25, 0.3) is 0 Å². The van der Waals surface area contributed by atoms with Gasteiger partial charge in [-0.2, -0.15) is 11.8 Å². The summed E-state index contributed by atoms with van der Waals surface area (Å²) >= 11 is 2.03. The van der Waals surface area contributed by atoms with Crippen LogP contribution in [0.25, 0.3) is 0 Å². The number of nitrogens with one attached hydrogen (secondary N) is 1. The Morgan fingerprint density at radius 1 is 1.53 bits per heavy atom. The fraction of sp³-hybridized carbons (Fsp3) is 0.667. The van der Waals surface area contributed by atoms with E-state index in [9.17, 15) is 4.79 Å². The van der Waals surface area contributed by atoms with E-state index in [4.69, 9.17) is 4.42 Å². The highest BCUT2D eigenvalue weighted by atomic mass is 32.2. The molecule has 0 unspecified atom stereocenters. The Hall–Kier alpha value is -0.900. The van der Waals surface area contributed by atoms with E-state index >= 15 is 0 Å². The van der Waals surface area contributed by atoms with E-state index in [0.29, 0.717) is 18.9 Å². The van der Waals surface area contributed by atoms with Gasteiger partial charge in [0.15, 0.2) is 0 Å². The summed E-state index contributed by atoms with van der Waals surface area (Å²) in [6.07, 6.45) is 7.67. The molecule has 1 amide bonds. The van der Waals surface area contributed by atoms with Crippen molar-refractivity contribution in [3.05, 3.63) is 24.2 Å². The third kappa shape index (κ3) is 4.94. The lowest BCUT2D eigenvalue weighted by Gasteiger charge is -2.29.